The fraction of sp³-hybridized carbons (Fsp3) is 0.333. The lowest BCUT2D eigenvalue weighted by Crippen LogP contribution is -2.15. The lowest BCUT2D eigenvalue weighted by Gasteiger charge is -2.03. The van der Waals surface area contributed by atoms with Crippen molar-refractivity contribution in [2.75, 3.05) is 0 Å². The van der Waals surface area contributed by atoms with Crippen molar-refractivity contribution in [2.45, 2.75) is 35.5 Å². The number of H-pyrrole nitrogens is 1. The van der Waals surface area contributed by atoms with E-state index in [0.29, 0.717) is 11.2 Å². The molecule has 3 rings (SSSR count). The van der Waals surface area contributed by atoms with Crippen molar-refractivity contribution >= 4 is 11.8 Å². The lowest BCUT2D eigenvalue weighted by atomic mass is 10.2. The quantitative estimate of drug-likeness (QED) is 0.878. The number of nitrogens with zero attached hydrogens (tertiary/aromatic N) is 2. The second kappa shape index (κ2) is 4.62. The van der Waals surface area contributed by atoms with Crippen molar-refractivity contribution < 1.29 is 5.11 Å². The molecule has 1 heterocycles. The topological polar surface area (TPSA) is 70.9 Å². The third kappa shape index (κ3) is 2.21. The number of nitrogens with one attached hydrogen (secondary N) is 1. The molecule has 18 heavy (non-hydrogen) atoms. The number of hydrogen-bond donors (Lipinski definition) is 2. The minimum absolute atomic E-state index is 0.0418. The van der Waals surface area contributed by atoms with Gasteiger partial charge in [-0.3, -0.25) is 4.57 Å². The molecular weight excluding hydrogens is 250 g/mol. The maximum absolute atomic E-state index is 11.6. The standard InChI is InChI=1S/C12H13N3O2S/c16-7-8-1-5-10(6-2-8)18-12-14-13-11(17)15(12)9-3-4-9/h1-2,5-6,9,16H,3-4,7H2,(H,13,17). The number of aliphatic hydroxyl groups is 1. The van der Waals surface area contributed by atoms with E-state index >= 15 is 0 Å². The van der Waals surface area contributed by atoms with Gasteiger partial charge in [-0.1, -0.05) is 12.1 Å². The summed E-state index contributed by atoms with van der Waals surface area (Å²) in [6.07, 6.45) is 2.10. The predicted molar refractivity (Wildman–Crippen MR) is 67.6 cm³/mol. The van der Waals surface area contributed by atoms with Crippen LogP contribution in [0.2, 0.25) is 0 Å². The number of benzene rings is 1. The summed E-state index contributed by atoms with van der Waals surface area (Å²) in [5, 5.41) is 16.2. The van der Waals surface area contributed by atoms with Crippen molar-refractivity contribution in [3.8, 4) is 0 Å². The molecule has 94 valence electrons. The van der Waals surface area contributed by atoms with Crippen molar-refractivity contribution in [2.24, 2.45) is 0 Å². The van der Waals surface area contributed by atoms with E-state index in [4.69, 9.17) is 5.11 Å². The van der Waals surface area contributed by atoms with Gasteiger partial charge in [0.25, 0.3) is 0 Å². The zero-order valence-electron chi connectivity index (χ0n) is 9.67. The molecule has 1 aliphatic carbocycles. The van der Waals surface area contributed by atoms with Crippen LogP contribution in [0.3, 0.4) is 0 Å². The van der Waals surface area contributed by atoms with Crippen molar-refractivity contribution in [3.63, 3.8) is 0 Å². The van der Waals surface area contributed by atoms with Crippen LogP contribution in [-0.4, -0.2) is 19.9 Å². The summed E-state index contributed by atoms with van der Waals surface area (Å²) in [5.41, 5.74) is 0.743. The van der Waals surface area contributed by atoms with Crippen LogP contribution < -0.4 is 5.69 Å². The molecule has 0 atom stereocenters. The number of aromatic amines is 1. The molecule has 2 N–H and O–H groups in total. The average molecular weight is 263 g/mol. The summed E-state index contributed by atoms with van der Waals surface area (Å²) < 4.78 is 1.73. The molecule has 0 aliphatic heterocycles. The van der Waals surface area contributed by atoms with Crippen molar-refractivity contribution in [1.82, 2.24) is 14.8 Å². The fourth-order valence-corrected chi connectivity index (χ4v) is 2.69. The maximum atomic E-state index is 11.6. The Balaban J connectivity index is 1.85. The van der Waals surface area contributed by atoms with Crippen LogP contribution in [0.5, 0.6) is 0 Å². The van der Waals surface area contributed by atoms with Gasteiger partial charge in [0.05, 0.1) is 6.61 Å². The van der Waals surface area contributed by atoms with Gasteiger partial charge in [-0.05, 0) is 42.3 Å². The first-order valence-electron chi connectivity index (χ1n) is 5.82. The number of aliphatic hydroxyl groups excluding tert-OH is 1. The van der Waals surface area contributed by atoms with Gasteiger partial charge in [0, 0.05) is 10.9 Å². The Labute approximate surface area is 108 Å². The minimum atomic E-state index is -0.132. The summed E-state index contributed by atoms with van der Waals surface area (Å²) in [6, 6.07) is 7.90. The zero-order valence-corrected chi connectivity index (χ0v) is 10.5. The first-order valence-corrected chi connectivity index (χ1v) is 6.64. The van der Waals surface area contributed by atoms with Crippen LogP contribution in [0, 0.1) is 0 Å². The Kier molecular flexibility index (Phi) is 2.97. The van der Waals surface area contributed by atoms with E-state index in [-0.39, 0.29) is 12.3 Å². The van der Waals surface area contributed by atoms with Gasteiger partial charge < -0.3 is 5.11 Å². The van der Waals surface area contributed by atoms with Crippen LogP contribution in [0.25, 0.3) is 0 Å². The molecule has 0 spiro atoms. The van der Waals surface area contributed by atoms with E-state index in [1.54, 1.807) is 4.57 Å². The van der Waals surface area contributed by atoms with Gasteiger partial charge in [-0.25, -0.2) is 9.89 Å². The van der Waals surface area contributed by atoms with Gasteiger partial charge in [0.1, 0.15) is 0 Å². The number of hydrogen-bond acceptors (Lipinski definition) is 4. The van der Waals surface area contributed by atoms with Crippen LogP contribution in [0.15, 0.2) is 39.1 Å². The van der Waals surface area contributed by atoms with E-state index in [1.807, 2.05) is 24.3 Å². The third-order valence-corrected chi connectivity index (χ3v) is 3.88. The molecule has 5 nitrogen and oxygen atoms in total. The first kappa shape index (κ1) is 11.6. The van der Waals surface area contributed by atoms with E-state index in [2.05, 4.69) is 10.2 Å². The van der Waals surface area contributed by atoms with E-state index in [9.17, 15) is 4.79 Å². The molecule has 0 radical (unpaired) electrons. The Morgan fingerprint density at radius 3 is 2.72 bits per heavy atom. The molecule has 1 aromatic heterocycles. The lowest BCUT2D eigenvalue weighted by molar-refractivity contribution is 0.282. The Morgan fingerprint density at radius 1 is 1.39 bits per heavy atom. The summed E-state index contributed by atoms with van der Waals surface area (Å²) in [4.78, 5) is 12.6. The molecule has 1 aliphatic rings. The van der Waals surface area contributed by atoms with Crippen LogP contribution in [0.1, 0.15) is 24.4 Å². The van der Waals surface area contributed by atoms with E-state index in [1.165, 1.54) is 11.8 Å². The average Bonchev–Trinajstić information content (AvgIpc) is 3.16. The summed E-state index contributed by atoms with van der Waals surface area (Å²) in [5.74, 6) is 0. The van der Waals surface area contributed by atoms with Crippen LogP contribution >= 0.6 is 11.8 Å². The number of rotatable bonds is 4. The highest BCUT2D eigenvalue weighted by Crippen LogP contribution is 2.37. The first-order chi connectivity index (χ1) is 8.78. The van der Waals surface area contributed by atoms with Crippen LogP contribution in [0.4, 0.5) is 0 Å². The summed E-state index contributed by atoms with van der Waals surface area (Å²) in [7, 11) is 0. The fourth-order valence-electron chi connectivity index (χ4n) is 1.79. The molecule has 0 unspecified atom stereocenters. The molecule has 1 saturated carbocycles. The van der Waals surface area contributed by atoms with E-state index in [0.717, 1.165) is 23.3 Å². The maximum Gasteiger partial charge on any atom is 0.344 e. The summed E-state index contributed by atoms with van der Waals surface area (Å²) >= 11 is 1.46. The normalized spacial score (nSPS) is 14.9. The monoisotopic (exact) mass is 263 g/mol. The Bertz CT molecular complexity index is 599. The predicted octanol–water partition coefficient (Wildman–Crippen LogP) is 1.55. The van der Waals surface area contributed by atoms with Crippen LogP contribution in [-0.2, 0) is 6.61 Å². The summed E-state index contributed by atoms with van der Waals surface area (Å²) in [6.45, 7) is 0.0418. The Morgan fingerprint density at radius 2 is 2.11 bits per heavy atom. The molecule has 6 heteroatoms. The van der Waals surface area contributed by atoms with Gasteiger partial charge in [0.15, 0.2) is 5.16 Å². The molecule has 2 aromatic rings. The van der Waals surface area contributed by atoms with Gasteiger partial charge in [0.2, 0.25) is 0 Å². The van der Waals surface area contributed by atoms with Gasteiger partial charge >= 0.3 is 5.69 Å². The molecular formula is C12H13N3O2S. The smallest absolute Gasteiger partial charge is 0.344 e. The van der Waals surface area contributed by atoms with Gasteiger partial charge in [-0.2, -0.15) is 0 Å². The molecule has 0 bridgehead atoms. The highest BCUT2D eigenvalue weighted by atomic mass is 32.2. The molecule has 1 fully saturated rings. The molecule has 0 amide bonds. The molecule has 0 saturated heterocycles. The largest absolute Gasteiger partial charge is 0.392 e. The second-order valence-corrected chi connectivity index (χ2v) is 5.36. The highest BCUT2D eigenvalue weighted by molar-refractivity contribution is 7.99. The van der Waals surface area contributed by atoms with Crippen molar-refractivity contribution in [3.05, 3.63) is 40.3 Å². The zero-order chi connectivity index (χ0) is 12.5. The highest BCUT2D eigenvalue weighted by Gasteiger charge is 2.28. The SMILES string of the molecule is O=c1[nH]nc(Sc2ccc(CO)cc2)n1C1CC1. The Hall–Kier alpha value is -1.53. The van der Waals surface area contributed by atoms with Crippen molar-refractivity contribution in [1.29, 1.82) is 0 Å². The second-order valence-electron chi connectivity index (χ2n) is 4.32. The number of aromatic nitrogens is 3. The minimum Gasteiger partial charge on any atom is -0.392 e. The van der Waals surface area contributed by atoms with Gasteiger partial charge in [-0.15, -0.1) is 5.10 Å². The third-order valence-electron chi connectivity index (χ3n) is 2.90. The molecule has 1 aromatic carbocycles. The van der Waals surface area contributed by atoms with E-state index < -0.39 is 0 Å².